The molecule has 0 aliphatic rings. The Bertz CT molecular complexity index is 105. The van der Waals surface area contributed by atoms with Crippen molar-refractivity contribution in [2.45, 2.75) is 19.0 Å². The SMILES string of the molecule is COB(OC)O[SiH](C)CCCN. The van der Waals surface area contributed by atoms with Gasteiger partial charge in [-0.15, -0.1) is 0 Å². The van der Waals surface area contributed by atoms with Crippen molar-refractivity contribution in [3.8, 4) is 0 Å². The first-order chi connectivity index (χ1) is 5.74. The van der Waals surface area contributed by atoms with Gasteiger partial charge in [0.25, 0.3) is 0 Å². The molecule has 0 saturated carbocycles. The monoisotopic (exact) mass is 191 g/mol. The van der Waals surface area contributed by atoms with E-state index in [1.807, 2.05) is 0 Å². The van der Waals surface area contributed by atoms with E-state index in [4.69, 9.17) is 19.4 Å². The summed E-state index contributed by atoms with van der Waals surface area (Å²) >= 11 is 0. The molecule has 1 atom stereocenters. The van der Waals surface area contributed by atoms with Gasteiger partial charge in [-0.25, -0.2) is 0 Å². The fraction of sp³-hybridized carbons (Fsp3) is 1.00. The summed E-state index contributed by atoms with van der Waals surface area (Å²) in [5.74, 6) is 0. The smallest absolute Gasteiger partial charge is 0.431 e. The third-order valence-corrected chi connectivity index (χ3v) is 3.45. The fourth-order valence-electron chi connectivity index (χ4n) is 0.870. The highest BCUT2D eigenvalue weighted by Gasteiger charge is 2.20. The summed E-state index contributed by atoms with van der Waals surface area (Å²) in [6.07, 6.45) is 1.02. The van der Waals surface area contributed by atoms with Crippen molar-refractivity contribution in [2.24, 2.45) is 5.73 Å². The van der Waals surface area contributed by atoms with Crippen LogP contribution in [0.25, 0.3) is 0 Å². The van der Waals surface area contributed by atoms with Gasteiger partial charge in [0.05, 0.1) is 0 Å². The van der Waals surface area contributed by atoms with Gasteiger partial charge in [-0.05, 0) is 25.6 Å². The number of nitrogens with two attached hydrogens (primary N) is 1. The molecule has 0 spiro atoms. The quantitative estimate of drug-likeness (QED) is 0.575. The Hall–Kier alpha value is 0.122. The largest absolute Gasteiger partial charge is 0.627 e. The van der Waals surface area contributed by atoms with E-state index in [0.717, 1.165) is 19.0 Å². The van der Waals surface area contributed by atoms with E-state index in [2.05, 4.69) is 6.55 Å². The summed E-state index contributed by atoms with van der Waals surface area (Å²) in [4.78, 5) is 0. The minimum atomic E-state index is -1.14. The van der Waals surface area contributed by atoms with Crippen molar-refractivity contribution >= 4 is 16.4 Å². The van der Waals surface area contributed by atoms with Crippen molar-refractivity contribution < 1.29 is 13.7 Å². The molecule has 4 nitrogen and oxygen atoms in total. The second-order valence-electron chi connectivity index (χ2n) is 2.64. The summed E-state index contributed by atoms with van der Waals surface area (Å²) in [6.45, 7) is 2.84. The Morgan fingerprint density at radius 2 is 1.92 bits per heavy atom. The average molecular weight is 191 g/mol. The lowest BCUT2D eigenvalue weighted by atomic mass is 10.3. The Morgan fingerprint density at radius 3 is 2.33 bits per heavy atom. The molecule has 0 aromatic rings. The Kier molecular flexibility index (Phi) is 7.83. The highest BCUT2D eigenvalue weighted by Crippen LogP contribution is 2.00. The van der Waals surface area contributed by atoms with Crippen LogP contribution in [0.2, 0.25) is 12.6 Å². The summed E-state index contributed by atoms with van der Waals surface area (Å²) in [7, 11) is 1.50. The van der Waals surface area contributed by atoms with Crippen molar-refractivity contribution in [3.63, 3.8) is 0 Å². The van der Waals surface area contributed by atoms with E-state index in [-0.39, 0.29) is 0 Å². The maximum absolute atomic E-state index is 5.49. The van der Waals surface area contributed by atoms with E-state index >= 15 is 0 Å². The molecule has 1 unspecified atom stereocenters. The zero-order valence-corrected chi connectivity index (χ0v) is 9.23. The molecule has 0 amide bonds. The van der Waals surface area contributed by atoms with Gasteiger partial charge < -0.3 is 19.4 Å². The molecule has 0 aromatic heterocycles. The van der Waals surface area contributed by atoms with Crippen LogP contribution in [0.4, 0.5) is 0 Å². The van der Waals surface area contributed by atoms with Crippen molar-refractivity contribution in [2.75, 3.05) is 20.8 Å². The zero-order valence-electron chi connectivity index (χ0n) is 8.08. The van der Waals surface area contributed by atoms with Crippen LogP contribution in [-0.4, -0.2) is 37.1 Å². The van der Waals surface area contributed by atoms with Gasteiger partial charge in [0.2, 0.25) is 0 Å². The van der Waals surface area contributed by atoms with Gasteiger partial charge in [0.15, 0.2) is 9.04 Å². The molecule has 0 fully saturated rings. The minimum Gasteiger partial charge on any atom is -0.431 e. The Balaban J connectivity index is 3.44. The fourth-order valence-corrected chi connectivity index (χ4v) is 2.42. The molecular formula is C6H18BNO3Si. The van der Waals surface area contributed by atoms with Crippen LogP contribution in [0, 0.1) is 0 Å². The van der Waals surface area contributed by atoms with Gasteiger partial charge in [-0.3, -0.25) is 0 Å². The molecular weight excluding hydrogens is 173 g/mol. The molecule has 6 heteroatoms. The molecule has 0 aliphatic heterocycles. The number of hydrogen-bond donors (Lipinski definition) is 1. The lowest BCUT2D eigenvalue weighted by molar-refractivity contribution is 0.202. The predicted molar refractivity (Wildman–Crippen MR) is 52.3 cm³/mol. The summed E-state index contributed by atoms with van der Waals surface area (Å²) in [5.41, 5.74) is 5.38. The summed E-state index contributed by atoms with van der Waals surface area (Å²) in [5, 5.41) is 0. The van der Waals surface area contributed by atoms with Gasteiger partial charge in [0.1, 0.15) is 0 Å². The molecule has 12 heavy (non-hydrogen) atoms. The normalized spacial score (nSPS) is 13.0. The van der Waals surface area contributed by atoms with Crippen molar-refractivity contribution in [1.29, 1.82) is 0 Å². The highest BCUT2D eigenvalue weighted by atomic mass is 28.3. The third-order valence-electron chi connectivity index (χ3n) is 1.54. The van der Waals surface area contributed by atoms with Gasteiger partial charge in [0, 0.05) is 14.2 Å². The molecule has 0 rings (SSSR count). The molecule has 0 bridgehead atoms. The predicted octanol–water partition coefficient (Wildman–Crippen LogP) is -0.0169. The van der Waals surface area contributed by atoms with E-state index in [1.165, 1.54) is 0 Å². The third kappa shape index (κ3) is 5.73. The van der Waals surface area contributed by atoms with E-state index in [9.17, 15) is 0 Å². The maximum Gasteiger partial charge on any atom is 0.627 e. The van der Waals surface area contributed by atoms with Crippen LogP contribution in [0.5, 0.6) is 0 Å². The standard InChI is InChI=1S/C6H18BNO3Si/c1-9-7(10-2)11-12(3)6-4-5-8/h12H,4-6,8H2,1-3H3. The van der Waals surface area contributed by atoms with Crippen LogP contribution in [0.3, 0.4) is 0 Å². The average Bonchev–Trinajstić information content (AvgIpc) is 2.10. The van der Waals surface area contributed by atoms with Crippen molar-refractivity contribution in [1.82, 2.24) is 0 Å². The second-order valence-corrected chi connectivity index (χ2v) is 5.11. The zero-order chi connectivity index (χ0) is 9.40. The first kappa shape index (κ1) is 12.1. The molecule has 72 valence electrons. The topological polar surface area (TPSA) is 53.7 Å². The maximum atomic E-state index is 5.49. The van der Waals surface area contributed by atoms with Crippen LogP contribution in [0.1, 0.15) is 6.42 Å². The molecule has 0 radical (unpaired) electrons. The van der Waals surface area contributed by atoms with Gasteiger partial charge >= 0.3 is 7.32 Å². The Morgan fingerprint density at radius 1 is 1.33 bits per heavy atom. The lowest BCUT2D eigenvalue weighted by Crippen LogP contribution is -2.31. The minimum absolute atomic E-state index is 0.496. The molecule has 0 heterocycles. The second kappa shape index (κ2) is 7.75. The van der Waals surface area contributed by atoms with E-state index in [1.54, 1.807) is 14.2 Å². The van der Waals surface area contributed by atoms with Crippen LogP contribution < -0.4 is 5.73 Å². The summed E-state index contributed by atoms with van der Waals surface area (Å²) in [6, 6.07) is 1.07. The summed E-state index contributed by atoms with van der Waals surface area (Å²) < 4.78 is 15.3. The van der Waals surface area contributed by atoms with E-state index in [0.29, 0.717) is 0 Å². The van der Waals surface area contributed by atoms with Crippen molar-refractivity contribution in [3.05, 3.63) is 0 Å². The number of hydrogen-bond acceptors (Lipinski definition) is 4. The molecule has 0 aromatic carbocycles. The lowest BCUT2D eigenvalue weighted by Gasteiger charge is -2.14. The molecule has 0 aliphatic carbocycles. The van der Waals surface area contributed by atoms with Crippen LogP contribution in [-0.2, 0) is 13.7 Å². The molecule has 2 N–H and O–H groups in total. The van der Waals surface area contributed by atoms with Gasteiger partial charge in [-0.2, -0.15) is 0 Å². The van der Waals surface area contributed by atoms with Crippen LogP contribution >= 0.6 is 0 Å². The van der Waals surface area contributed by atoms with Crippen LogP contribution in [0.15, 0.2) is 0 Å². The highest BCUT2D eigenvalue weighted by molar-refractivity contribution is 6.59. The van der Waals surface area contributed by atoms with Gasteiger partial charge in [-0.1, -0.05) is 0 Å². The molecule has 0 saturated heterocycles. The number of rotatable bonds is 7. The first-order valence-electron chi connectivity index (χ1n) is 4.15. The van der Waals surface area contributed by atoms with E-state index < -0.39 is 16.4 Å². The Labute approximate surface area is 76.3 Å². The first-order valence-corrected chi connectivity index (χ1v) is 6.60.